The van der Waals surface area contributed by atoms with Gasteiger partial charge >= 0.3 is 0 Å². The van der Waals surface area contributed by atoms with Gasteiger partial charge in [0.1, 0.15) is 5.82 Å². The summed E-state index contributed by atoms with van der Waals surface area (Å²) < 4.78 is 0. The van der Waals surface area contributed by atoms with Crippen molar-refractivity contribution < 1.29 is 0 Å². The summed E-state index contributed by atoms with van der Waals surface area (Å²) in [6, 6.07) is 18.5. The van der Waals surface area contributed by atoms with E-state index in [2.05, 4.69) is 22.8 Å². The number of anilines is 3. The number of nitrogens with one attached hydrogen (secondary N) is 2. The first kappa shape index (κ1) is 17.8. The topological polar surface area (TPSA) is 49.8 Å². The zero-order valence-electron chi connectivity index (χ0n) is 15.4. The summed E-state index contributed by atoms with van der Waals surface area (Å²) in [5.74, 6) is 1.42. The second kappa shape index (κ2) is 7.97. The van der Waals surface area contributed by atoms with E-state index < -0.39 is 0 Å². The number of hydrogen-bond acceptors (Lipinski definition) is 4. The van der Waals surface area contributed by atoms with Crippen LogP contribution in [0.4, 0.5) is 17.5 Å². The Balaban J connectivity index is 1.67. The molecule has 0 radical (unpaired) electrons. The van der Waals surface area contributed by atoms with E-state index in [1.165, 1.54) is 25.7 Å². The molecule has 138 valence electrons. The van der Waals surface area contributed by atoms with Crippen LogP contribution in [0.1, 0.15) is 31.2 Å². The van der Waals surface area contributed by atoms with Gasteiger partial charge in [0.2, 0.25) is 5.95 Å². The van der Waals surface area contributed by atoms with E-state index in [9.17, 15) is 0 Å². The number of aryl methyl sites for hydroxylation is 1. The van der Waals surface area contributed by atoms with Gasteiger partial charge in [-0.1, -0.05) is 60.8 Å². The predicted molar refractivity (Wildman–Crippen MR) is 113 cm³/mol. The van der Waals surface area contributed by atoms with E-state index in [4.69, 9.17) is 21.6 Å². The Bertz CT molecular complexity index is 921. The van der Waals surface area contributed by atoms with E-state index in [1.807, 2.05) is 49.4 Å². The van der Waals surface area contributed by atoms with Crippen molar-refractivity contribution in [2.75, 3.05) is 10.6 Å². The van der Waals surface area contributed by atoms with Gasteiger partial charge in [0.15, 0.2) is 0 Å². The molecule has 5 heteroatoms. The van der Waals surface area contributed by atoms with E-state index in [-0.39, 0.29) is 0 Å². The molecule has 4 nitrogen and oxygen atoms in total. The smallest absolute Gasteiger partial charge is 0.225 e. The van der Waals surface area contributed by atoms with Gasteiger partial charge < -0.3 is 10.6 Å². The first-order chi connectivity index (χ1) is 13.2. The molecule has 0 aliphatic heterocycles. The number of benzene rings is 2. The van der Waals surface area contributed by atoms with Gasteiger partial charge in [-0.25, -0.2) is 4.98 Å². The summed E-state index contributed by atoms with van der Waals surface area (Å²) in [5, 5.41) is 7.62. The van der Waals surface area contributed by atoms with Crippen LogP contribution in [0, 0.1) is 6.92 Å². The summed E-state index contributed by atoms with van der Waals surface area (Å²) in [7, 11) is 0. The molecule has 1 aliphatic rings. The van der Waals surface area contributed by atoms with Gasteiger partial charge in [-0.3, -0.25) is 0 Å². The number of halogens is 1. The van der Waals surface area contributed by atoms with Crippen molar-refractivity contribution in [2.45, 2.75) is 38.6 Å². The van der Waals surface area contributed by atoms with Crippen molar-refractivity contribution in [1.82, 2.24) is 9.97 Å². The summed E-state index contributed by atoms with van der Waals surface area (Å²) in [6.45, 7) is 1.99. The fourth-order valence-corrected chi connectivity index (χ4v) is 3.58. The Morgan fingerprint density at radius 1 is 0.963 bits per heavy atom. The Labute approximate surface area is 165 Å². The highest BCUT2D eigenvalue weighted by Crippen LogP contribution is 2.27. The molecule has 0 bridgehead atoms. The second-order valence-electron chi connectivity index (χ2n) is 7.04. The molecule has 0 unspecified atom stereocenters. The molecule has 0 amide bonds. The van der Waals surface area contributed by atoms with Gasteiger partial charge in [-0.2, -0.15) is 4.98 Å². The van der Waals surface area contributed by atoms with E-state index >= 15 is 0 Å². The van der Waals surface area contributed by atoms with Crippen LogP contribution in [-0.2, 0) is 0 Å². The number of nitrogens with zero attached hydrogens (tertiary/aromatic N) is 2. The van der Waals surface area contributed by atoms with Crippen molar-refractivity contribution in [3.8, 4) is 11.3 Å². The highest BCUT2D eigenvalue weighted by Gasteiger charge is 2.17. The van der Waals surface area contributed by atoms with Gasteiger partial charge in [0.25, 0.3) is 0 Å². The van der Waals surface area contributed by atoms with Crippen LogP contribution in [0.25, 0.3) is 11.3 Å². The average molecular weight is 379 g/mol. The fourth-order valence-electron chi connectivity index (χ4n) is 3.40. The largest absolute Gasteiger partial charge is 0.351 e. The predicted octanol–water partition coefficient (Wildman–Crippen LogP) is 6.20. The minimum Gasteiger partial charge on any atom is -0.351 e. The van der Waals surface area contributed by atoms with Crippen LogP contribution in [-0.4, -0.2) is 16.0 Å². The zero-order chi connectivity index (χ0) is 18.6. The number of aromatic nitrogens is 2. The lowest BCUT2D eigenvalue weighted by Crippen LogP contribution is -2.17. The maximum absolute atomic E-state index is 6.27. The summed E-state index contributed by atoms with van der Waals surface area (Å²) >= 11 is 6.27. The van der Waals surface area contributed by atoms with Crippen molar-refractivity contribution in [2.24, 2.45) is 0 Å². The molecule has 4 rings (SSSR count). The molecule has 0 atom stereocenters. The van der Waals surface area contributed by atoms with Crippen LogP contribution >= 0.6 is 11.6 Å². The molecule has 2 N–H and O–H groups in total. The number of rotatable bonds is 5. The molecular weight excluding hydrogens is 356 g/mol. The minimum atomic E-state index is 0.456. The van der Waals surface area contributed by atoms with Gasteiger partial charge in [-0.15, -0.1) is 0 Å². The maximum atomic E-state index is 6.27. The van der Waals surface area contributed by atoms with Crippen LogP contribution in [0.5, 0.6) is 0 Å². The first-order valence-electron chi connectivity index (χ1n) is 9.41. The average Bonchev–Trinajstić information content (AvgIpc) is 3.18. The minimum absolute atomic E-state index is 0.456. The lowest BCUT2D eigenvalue weighted by atomic mass is 10.1. The highest BCUT2D eigenvalue weighted by molar-refractivity contribution is 6.31. The molecule has 2 aromatic carbocycles. The lowest BCUT2D eigenvalue weighted by molar-refractivity contribution is 0.744. The molecule has 0 spiro atoms. The monoisotopic (exact) mass is 378 g/mol. The van der Waals surface area contributed by atoms with Gasteiger partial charge in [-0.05, 0) is 37.5 Å². The third-order valence-electron chi connectivity index (χ3n) is 4.93. The van der Waals surface area contributed by atoms with Gasteiger partial charge in [0, 0.05) is 28.4 Å². The third kappa shape index (κ3) is 4.40. The zero-order valence-corrected chi connectivity index (χ0v) is 16.1. The van der Waals surface area contributed by atoms with Crippen LogP contribution in [0.15, 0.2) is 54.6 Å². The SMILES string of the molecule is Cc1ccc(Nc2cc(-c3ccccc3)nc(NC3CCCC3)n2)cc1Cl. The Morgan fingerprint density at radius 2 is 1.74 bits per heavy atom. The molecule has 1 heterocycles. The van der Waals surface area contributed by atoms with E-state index in [0.717, 1.165) is 33.3 Å². The quantitative estimate of drug-likeness (QED) is 0.554. The molecule has 1 saturated carbocycles. The van der Waals surface area contributed by atoms with Crippen molar-refractivity contribution in [3.63, 3.8) is 0 Å². The standard InChI is InChI=1S/C22H23ClN4/c1-15-11-12-18(13-19(15)23)24-21-14-20(16-7-3-2-4-8-16)26-22(27-21)25-17-9-5-6-10-17/h2-4,7-8,11-14,17H,5-6,9-10H2,1H3,(H2,24,25,26,27). The molecule has 1 aromatic heterocycles. The molecule has 1 fully saturated rings. The third-order valence-corrected chi connectivity index (χ3v) is 5.34. The molecule has 0 saturated heterocycles. The molecular formula is C22H23ClN4. The van der Waals surface area contributed by atoms with Crippen molar-refractivity contribution in [1.29, 1.82) is 0 Å². The molecule has 3 aromatic rings. The highest BCUT2D eigenvalue weighted by atomic mass is 35.5. The van der Waals surface area contributed by atoms with E-state index in [0.29, 0.717) is 12.0 Å². The Morgan fingerprint density at radius 3 is 2.48 bits per heavy atom. The van der Waals surface area contributed by atoms with Crippen molar-refractivity contribution >= 4 is 29.1 Å². The molecule has 27 heavy (non-hydrogen) atoms. The van der Waals surface area contributed by atoms with Crippen LogP contribution in [0.3, 0.4) is 0 Å². The van der Waals surface area contributed by atoms with Crippen molar-refractivity contribution in [3.05, 3.63) is 65.2 Å². The second-order valence-corrected chi connectivity index (χ2v) is 7.45. The number of hydrogen-bond donors (Lipinski definition) is 2. The Hall–Kier alpha value is -2.59. The summed E-state index contributed by atoms with van der Waals surface area (Å²) in [5.41, 5.74) is 3.93. The Kier molecular flexibility index (Phi) is 5.26. The van der Waals surface area contributed by atoms with Crippen LogP contribution in [0.2, 0.25) is 5.02 Å². The summed E-state index contributed by atoms with van der Waals surface area (Å²) in [6.07, 6.45) is 4.89. The maximum Gasteiger partial charge on any atom is 0.225 e. The van der Waals surface area contributed by atoms with Crippen LogP contribution < -0.4 is 10.6 Å². The normalized spacial score (nSPS) is 14.3. The molecule has 1 aliphatic carbocycles. The first-order valence-corrected chi connectivity index (χ1v) is 9.79. The van der Waals surface area contributed by atoms with Gasteiger partial charge in [0.05, 0.1) is 5.69 Å². The van der Waals surface area contributed by atoms with E-state index in [1.54, 1.807) is 0 Å². The lowest BCUT2D eigenvalue weighted by Gasteiger charge is -2.15. The summed E-state index contributed by atoms with van der Waals surface area (Å²) in [4.78, 5) is 9.45. The fraction of sp³-hybridized carbons (Fsp3) is 0.273.